The Hall–Kier alpha value is -2.71. The van der Waals surface area contributed by atoms with Gasteiger partial charge < -0.3 is 4.18 Å². The summed E-state index contributed by atoms with van der Waals surface area (Å²) in [7, 11) is -4.08. The molecule has 1 saturated heterocycles. The molecule has 5 rings (SSSR count). The summed E-state index contributed by atoms with van der Waals surface area (Å²) in [5.41, 5.74) is 3.90. The average molecular weight is 525 g/mol. The first-order valence-corrected chi connectivity index (χ1v) is 14.5. The van der Waals surface area contributed by atoms with E-state index in [9.17, 15) is 18.0 Å². The number of carbonyl (C=O) groups is 2. The van der Waals surface area contributed by atoms with Crippen molar-refractivity contribution in [2.75, 3.05) is 0 Å². The van der Waals surface area contributed by atoms with Crippen LogP contribution in [0.25, 0.3) is 0 Å². The smallest absolute Gasteiger partial charge is 0.371 e. The minimum Gasteiger partial charge on any atom is -0.371 e. The van der Waals surface area contributed by atoms with Crippen LogP contribution in [0.15, 0.2) is 42.5 Å². The summed E-state index contributed by atoms with van der Waals surface area (Å²) in [6, 6.07) is 13.6. The first-order chi connectivity index (χ1) is 17.3. The van der Waals surface area contributed by atoms with Gasteiger partial charge in [0.05, 0.1) is 12.0 Å². The van der Waals surface area contributed by atoms with Gasteiger partial charge in [0.15, 0.2) is 0 Å². The van der Waals surface area contributed by atoms with Gasteiger partial charge >= 0.3 is 10.3 Å². The van der Waals surface area contributed by atoms with Crippen molar-refractivity contribution in [3.63, 3.8) is 0 Å². The van der Waals surface area contributed by atoms with E-state index in [1.54, 1.807) is 12.1 Å². The van der Waals surface area contributed by atoms with Crippen LogP contribution in [0.4, 0.5) is 0 Å². The van der Waals surface area contributed by atoms with E-state index in [1.165, 1.54) is 16.0 Å². The molecule has 0 unspecified atom stereocenters. The van der Waals surface area contributed by atoms with Crippen molar-refractivity contribution in [2.45, 2.75) is 77.7 Å². The van der Waals surface area contributed by atoms with Gasteiger partial charge in [0.25, 0.3) is 0 Å². The van der Waals surface area contributed by atoms with E-state index in [4.69, 9.17) is 9.32 Å². The van der Waals surface area contributed by atoms with Crippen molar-refractivity contribution in [2.24, 2.45) is 22.4 Å². The third-order valence-corrected chi connectivity index (χ3v) is 9.31. The number of amides is 2. The van der Waals surface area contributed by atoms with E-state index >= 15 is 0 Å². The van der Waals surface area contributed by atoms with E-state index in [0.717, 1.165) is 36.8 Å². The summed E-state index contributed by atoms with van der Waals surface area (Å²) in [5, 5.41) is 5.03. The molecule has 198 valence electrons. The highest BCUT2D eigenvalue weighted by Gasteiger charge is 2.57. The maximum Gasteiger partial charge on any atom is 0.380 e. The minimum absolute atomic E-state index is 0.000683. The molecule has 1 aliphatic heterocycles. The van der Waals surface area contributed by atoms with Crippen LogP contribution in [0.2, 0.25) is 0 Å². The summed E-state index contributed by atoms with van der Waals surface area (Å²) in [6.45, 7) is 8.86. The standard InChI is InChI=1S/C29H36N2O5S/c1-28(2,3)20-8-5-18(6-9-20)17-31-26(32)16-25-24-11-7-19-15-21(36-37(30,34)35)10-12-22(19)23(24)13-14-29(25,4)27(31)33/h5-6,8-10,12,15,23-25H,7,11,13-14,16-17H2,1-4H3,(H2,30,34,35)/t23-,24-,25+,29+/m1/s1. The van der Waals surface area contributed by atoms with E-state index in [1.807, 2.05) is 18.2 Å². The Kier molecular flexibility index (Phi) is 6.27. The second kappa shape index (κ2) is 8.95. The molecule has 2 N–H and O–H groups in total. The first-order valence-electron chi connectivity index (χ1n) is 13.1. The van der Waals surface area contributed by atoms with E-state index in [0.29, 0.717) is 13.0 Å². The van der Waals surface area contributed by atoms with Gasteiger partial charge in [0.2, 0.25) is 11.8 Å². The number of imide groups is 1. The van der Waals surface area contributed by atoms with Crippen LogP contribution in [-0.4, -0.2) is 25.1 Å². The Morgan fingerprint density at radius 3 is 2.43 bits per heavy atom. The Bertz CT molecular complexity index is 1350. The van der Waals surface area contributed by atoms with Crippen molar-refractivity contribution in [3.8, 4) is 5.75 Å². The molecule has 2 aliphatic carbocycles. The van der Waals surface area contributed by atoms with E-state index in [-0.39, 0.29) is 40.7 Å². The molecule has 4 atom stereocenters. The molecule has 0 radical (unpaired) electrons. The van der Waals surface area contributed by atoms with Gasteiger partial charge in [-0.25, -0.2) is 0 Å². The highest BCUT2D eigenvalue weighted by Crippen LogP contribution is 2.58. The van der Waals surface area contributed by atoms with Crippen LogP contribution >= 0.6 is 0 Å². The molecule has 0 bridgehead atoms. The van der Waals surface area contributed by atoms with Gasteiger partial charge in [-0.15, -0.1) is 0 Å². The number of aryl methyl sites for hydroxylation is 1. The molecular formula is C29H36N2O5S. The Morgan fingerprint density at radius 1 is 1.08 bits per heavy atom. The Balaban J connectivity index is 1.36. The first kappa shape index (κ1) is 25.9. The van der Waals surface area contributed by atoms with E-state index < -0.39 is 15.7 Å². The SMILES string of the molecule is CC(C)(C)c1ccc(CN2C(=O)C[C@H]3[C@@H]4CCc5cc(OS(N)(=O)=O)ccc5[C@H]4CC[C@]3(C)C2=O)cc1. The molecular weight excluding hydrogens is 488 g/mol. The van der Waals surface area contributed by atoms with Crippen molar-refractivity contribution in [1.82, 2.24) is 4.90 Å². The summed E-state index contributed by atoms with van der Waals surface area (Å²) in [5.74, 6) is 0.555. The average Bonchev–Trinajstić information content (AvgIpc) is 2.81. The van der Waals surface area contributed by atoms with Crippen LogP contribution in [-0.2, 0) is 38.3 Å². The van der Waals surface area contributed by atoms with Crippen LogP contribution in [0.3, 0.4) is 0 Å². The molecule has 2 aromatic carbocycles. The fourth-order valence-electron chi connectivity index (χ4n) is 6.88. The van der Waals surface area contributed by atoms with Gasteiger partial charge in [0.1, 0.15) is 5.75 Å². The molecule has 1 heterocycles. The van der Waals surface area contributed by atoms with Gasteiger partial charge in [0, 0.05) is 6.42 Å². The van der Waals surface area contributed by atoms with Crippen LogP contribution in [0.5, 0.6) is 5.75 Å². The third kappa shape index (κ3) is 4.81. The second-order valence-electron chi connectivity index (χ2n) is 12.2. The molecule has 8 heteroatoms. The number of fused-ring (bicyclic) bond motifs is 5. The monoisotopic (exact) mass is 524 g/mol. The van der Waals surface area contributed by atoms with Crippen molar-refractivity contribution < 1.29 is 22.2 Å². The number of benzene rings is 2. The predicted molar refractivity (Wildman–Crippen MR) is 141 cm³/mol. The molecule has 2 amide bonds. The number of nitrogens with zero attached hydrogens (tertiary/aromatic N) is 1. The van der Waals surface area contributed by atoms with Crippen LogP contribution in [0, 0.1) is 17.3 Å². The fourth-order valence-corrected chi connectivity index (χ4v) is 7.25. The molecule has 1 saturated carbocycles. The highest BCUT2D eigenvalue weighted by molar-refractivity contribution is 7.84. The third-order valence-electron chi connectivity index (χ3n) is 8.89. The Labute approximate surface area is 219 Å². The van der Waals surface area contributed by atoms with Crippen LogP contribution in [0.1, 0.15) is 81.5 Å². The maximum absolute atomic E-state index is 13.8. The van der Waals surface area contributed by atoms with Gasteiger partial charge in [-0.2, -0.15) is 13.6 Å². The number of hydrogen-bond donors (Lipinski definition) is 1. The normalized spacial score (nSPS) is 27.8. The molecule has 7 nitrogen and oxygen atoms in total. The highest BCUT2D eigenvalue weighted by atomic mass is 32.2. The number of nitrogens with two attached hydrogens (primary N) is 1. The number of rotatable bonds is 4. The van der Waals surface area contributed by atoms with Crippen molar-refractivity contribution in [3.05, 3.63) is 64.7 Å². The summed E-state index contributed by atoms with van der Waals surface area (Å²) < 4.78 is 27.5. The maximum atomic E-state index is 13.8. The van der Waals surface area contributed by atoms with Gasteiger partial charge in [-0.1, -0.05) is 58.0 Å². The lowest BCUT2D eigenvalue weighted by molar-refractivity contribution is -0.168. The molecule has 37 heavy (non-hydrogen) atoms. The van der Waals surface area contributed by atoms with Crippen molar-refractivity contribution >= 4 is 22.1 Å². The van der Waals surface area contributed by atoms with Crippen molar-refractivity contribution in [1.29, 1.82) is 0 Å². The lowest BCUT2D eigenvalue weighted by Gasteiger charge is -2.54. The minimum atomic E-state index is -4.08. The summed E-state index contributed by atoms with van der Waals surface area (Å²) >= 11 is 0. The topological polar surface area (TPSA) is 107 Å². The molecule has 2 aromatic rings. The summed E-state index contributed by atoms with van der Waals surface area (Å²) in [6.07, 6.45) is 3.56. The molecule has 0 spiro atoms. The summed E-state index contributed by atoms with van der Waals surface area (Å²) in [4.78, 5) is 28.7. The Morgan fingerprint density at radius 2 is 1.78 bits per heavy atom. The number of hydrogen-bond acceptors (Lipinski definition) is 5. The number of piperidine rings is 1. The second-order valence-corrected chi connectivity index (χ2v) is 13.4. The zero-order valence-corrected chi connectivity index (χ0v) is 22.8. The lowest BCUT2D eigenvalue weighted by atomic mass is 9.52. The molecule has 0 aromatic heterocycles. The van der Waals surface area contributed by atoms with E-state index in [2.05, 4.69) is 39.8 Å². The zero-order valence-electron chi connectivity index (χ0n) is 22.0. The quantitative estimate of drug-likeness (QED) is 0.589. The zero-order chi connectivity index (χ0) is 26.8. The predicted octanol–water partition coefficient (Wildman–Crippen LogP) is 4.59. The largest absolute Gasteiger partial charge is 0.380 e. The van der Waals surface area contributed by atoms with Gasteiger partial charge in [-0.05, 0) is 83.2 Å². The number of carbonyl (C=O) groups excluding carboxylic acids is 2. The number of likely N-dealkylation sites (tertiary alicyclic amines) is 1. The molecule has 3 aliphatic rings. The van der Waals surface area contributed by atoms with Crippen LogP contribution < -0.4 is 9.32 Å². The lowest BCUT2D eigenvalue weighted by Crippen LogP contribution is -2.58. The fraction of sp³-hybridized carbons (Fsp3) is 0.517. The molecule has 2 fully saturated rings. The van der Waals surface area contributed by atoms with Gasteiger partial charge in [-0.3, -0.25) is 14.5 Å².